The van der Waals surface area contributed by atoms with Crippen LogP contribution in [0.15, 0.2) is 45.6 Å². The van der Waals surface area contributed by atoms with Crippen molar-refractivity contribution in [1.29, 1.82) is 0 Å². The van der Waals surface area contributed by atoms with Crippen LogP contribution in [-0.4, -0.2) is 19.5 Å². The van der Waals surface area contributed by atoms with Crippen LogP contribution in [0.1, 0.15) is 11.5 Å². The number of imidazole rings is 1. The van der Waals surface area contributed by atoms with E-state index in [0.717, 1.165) is 5.76 Å². The highest BCUT2D eigenvalue weighted by molar-refractivity contribution is 5.82. The molecule has 0 unspecified atom stereocenters. The van der Waals surface area contributed by atoms with Gasteiger partial charge in [-0.1, -0.05) is 5.16 Å². The summed E-state index contributed by atoms with van der Waals surface area (Å²) in [6, 6.07) is 7.56. The largest absolute Gasteiger partial charge is 0.618 e. The van der Waals surface area contributed by atoms with Gasteiger partial charge in [-0.25, -0.2) is 9.37 Å². The van der Waals surface area contributed by atoms with Crippen molar-refractivity contribution in [2.45, 2.75) is 13.8 Å². The molecule has 0 saturated heterocycles. The Morgan fingerprint density at radius 1 is 1.19 bits per heavy atom. The van der Waals surface area contributed by atoms with Gasteiger partial charge in [0.15, 0.2) is 11.5 Å². The van der Waals surface area contributed by atoms with Gasteiger partial charge in [0.05, 0.1) is 0 Å². The Balaban J connectivity index is 1.74. The first kappa shape index (κ1) is 15.5. The SMILES string of the molecule is Cc1ccc(-c2noc(-c3ncn4c3c(C)[n+]([O-])c3cc(F)ccc34)n2)o1. The van der Waals surface area contributed by atoms with Crippen LogP contribution in [0.25, 0.3) is 39.7 Å². The van der Waals surface area contributed by atoms with E-state index in [1.54, 1.807) is 29.8 Å². The Morgan fingerprint density at radius 3 is 2.81 bits per heavy atom. The number of hydrogen-bond donors (Lipinski definition) is 0. The number of fused-ring (bicyclic) bond motifs is 3. The fraction of sp³-hybridized carbons (Fsp3) is 0.111. The van der Waals surface area contributed by atoms with Crippen LogP contribution in [0.2, 0.25) is 0 Å². The van der Waals surface area contributed by atoms with Crippen molar-refractivity contribution in [2.75, 3.05) is 0 Å². The number of aryl methyl sites for hydroxylation is 2. The molecule has 0 atom stereocenters. The third kappa shape index (κ3) is 2.21. The van der Waals surface area contributed by atoms with Crippen molar-refractivity contribution in [1.82, 2.24) is 19.5 Å². The molecule has 0 aliphatic rings. The van der Waals surface area contributed by atoms with E-state index in [2.05, 4.69) is 15.1 Å². The second-order valence-corrected chi connectivity index (χ2v) is 6.16. The summed E-state index contributed by atoms with van der Waals surface area (Å²) in [4.78, 5) is 8.68. The third-order valence-corrected chi connectivity index (χ3v) is 4.42. The first-order valence-electron chi connectivity index (χ1n) is 8.12. The predicted molar refractivity (Wildman–Crippen MR) is 92.1 cm³/mol. The fourth-order valence-corrected chi connectivity index (χ4v) is 3.15. The van der Waals surface area contributed by atoms with Crippen LogP contribution >= 0.6 is 0 Å². The minimum atomic E-state index is -0.485. The summed E-state index contributed by atoms with van der Waals surface area (Å²) in [5, 5.41) is 16.6. The van der Waals surface area contributed by atoms with Crippen molar-refractivity contribution in [3.63, 3.8) is 0 Å². The number of aromatic nitrogens is 5. The Morgan fingerprint density at radius 2 is 2.04 bits per heavy atom. The lowest BCUT2D eigenvalue weighted by Crippen LogP contribution is -2.32. The number of halogens is 1. The maximum atomic E-state index is 13.6. The second-order valence-electron chi connectivity index (χ2n) is 6.16. The molecular formula is C18H12FN5O3. The van der Waals surface area contributed by atoms with Crippen LogP contribution in [0.3, 0.4) is 0 Å². The predicted octanol–water partition coefficient (Wildman–Crippen LogP) is 3.19. The van der Waals surface area contributed by atoms with E-state index in [0.29, 0.717) is 32.9 Å². The summed E-state index contributed by atoms with van der Waals surface area (Å²) < 4.78 is 26.8. The Labute approximate surface area is 151 Å². The molecule has 0 amide bonds. The quantitative estimate of drug-likeness (QED) is 0.352. The Hall–Kier alpha value is -3.75. The molecule has 0 saturated carbocycles. The van der Waals surface area contributed by atoms with Crippen LogP contribution in [0, 0.1) is 24.9 Å². The molecule has 9 heteroatoms. The molecule has 1 aromatic carbocycles. The van der Waals surface area contributed by atoms with E-state index in [1.165, 1.54) is 18.2 Å². The Kier molecular flexibility index (Phi) is 3.08. The molecule has 5 rings (SSSR count). The first-order valence-corrected chi connectivity index (χ1v) is 8.12. The molecule has 5 aromatic rings. The van der Waals surface area contributed by atoms with Gasteiger partial charge in [0.1, 0.15) is 28.9 Å². The monoisotopic (exact) mass is 365 g/mol. The summed E-state index contributed by atoms with van der Waals surface area (Å²) in [6.07, 6.45) is 1.54. The second kappa shape index (κ2) is 5.37. The van der Waals surface area contributed by atoms with Gasteiger partial charge in [0.2, 0.25) is 17.0 Å². The lowest BCUT2D eigenvalue weighted by atomic mass is 10.2. The third-order valence-electron chi connectivity index (χ3n) is 4.42. The smallest absolute Gasteiger partial charge is 0.279 e. The highest BCUT2D eigenvalue weighted by Gasteiger charge is 2.24. The van der Waals surface area contributed by atoms with Gasteiger partial charge in [0, 0.05) is 13.0 Å². The van der Waals surface area contributed by atoms with Crippen molar-refractivity contribution < 1.29 is 18.1 Å². The average molecular weight is 365 g/mol. The standard InChI is InChI=1S/C18H12FN5O3/c1-9-3-6-14(26-9)17-21-18(27-22-17)15-16-10(2)24(25)13-7-11(19)4-5-12(13)23(16)8-20-15/h3-8H,1-2H3. The zero-order chi connectivity index (χ0) is 18.7. The van der Waals surface area contributed by atoms with Crippen LogP contribution < -0.4 is 4.73 Å². The molecule has 0 aliphatic heterocycles. The zero-order valence-electron chi connectivity index (χ0n) is 14.3. The Bertz CT molecular complexity index is 1330. The van der Waals surface area contributed by atoms with E-state index in [4.69, 9.17) is 8.94 Å². The number of nitrogens with zero attached hydrogens (tertiary/aromatic N) is 5. The minimum Gasteiger partial charge on any atom is -0.618 e. The summed E-state index contributed by atoms with van der Waals surface area (Å²) in [6.45, 7) is 3.45. The fourth-order valence-electron chi connectivity index (χ4n) is 3.15. The summed E-state index contributed by atoms with van der Waals surface area (Å²) >= 11 is 0. The summed E-state index contributed by atoms with van der Waals surface area (Å²) in [5.41, 5.74) is 1.95. The van der Waals surface area contributed by atoms with Gasteiger partial charge in [-0.15, -0.1) is 0 Å². The maximum absolute atomic E-state index is 13.6. The van der Waals surface area contributed by atoms with Crippen molar-refractivity contribution in [3.05, 3.63) is 59.1 Å². The van der Waals surface area contributed by atoms with E-state index in [1.807, 2.05) is 6.92 Å². The first-order chi connectivity index (χ1) is 13.0. The van der Waals surface area contributed by atoms with Gasteiger partial charge in [-0.2, -0.15) is 9.71 Å². The van der Waals surface area contributed by atoms with Gasteiger partial charge in [-0.3, -0.25) is 4.40 Å². The van der Waals surface area contributed by atoms with E-state index in [9.17, 15) is 9.60 Å². The number of benzene rings is 1. The number of hydrogen-bond acceptors (Lipinski definition) is 6. The molecular weight excluding hydrogens is 353 g/mol. The minimum absolute atomic E-state index is 0.158. The van der Waals surface area contributed by atoms with Crippen LogP contribution in [0.4, 0.5) is 4.39 Å². The number of rotatable bonds is 2. The molecule has 0 spiro atoms. The van der Waals surface area contributed by atoms with E-state index < -0.39 is 5.82 Å². The van der Waals surface area contributed by atoms with E-state index in [-0.39, 0.29) is 17.2 Å². The molecule has 4 heterocycles. The van der Waals surface area contributed by atoms with E-state index >= 15 is 0 Å². The molecule has 0 fully saturated rings. The van der Waals surface area contributed by atoms with Crippen LogP contribution in [-0.2, 0) is 0 Å². The lowest BCUT2D eigenvalue weighted by molar-refractivity contribution is -0.583. The van der Waals surface area contributed by atoms with Crippen LogP contribution in [0.5, 0.6) is 0 Å². The summed E-state index contributed by atoms with van der Waals surface area (Å²) in [7, 11) is 0. The highest BCUT2D eigenvalue weighted by atomic mass is 19.1. The van der Waals surface area contributed by atoms with Crippen molar-refractivity contribution in [3.8, 4) is 23.2 Å². The molecule has 0 bridgehead atoms. The van der Waals surface area contributed by atoms with Gasteiger partial charge >= 0.3 is 0 Å². The topological polar surface area (TPSA) is 96.3 Å². The molecule has 4 aromatic heterocycles. The van der Waals surface area contributed by atoms with Crippen molar-refractivity contribution >= 4 is 16.6 Å². The molecule has 0 radical (unpaired) electrons. The lowest BCUT2D eigenvalue weighted by Gasteiger charge is -2.08. The average Bonchev–Trinajstić information content (AvgIpc) is 3.37. The number of furan rings is 1. The molecule has 8 nitrogen and oxygen atoms in total. The maximum Gasteiger partial charge on any atom is 0.279 e. The highest BCUT2D eigenvalue weighted by Crippen LogP contribution is 2.28. The zero-order valence-corrected chi connectivity index (χ0v) is 14.3. The molecule has 0 aliphatic carbocycles. The van der Waals surface area contributed by atoms with Gasteiger partial charge in [0.25, 0.3) is 5.89 Å². The molecule has 0 N–H and O–H groups in total. The summed E-state index contributed by atoms with van der Waals surface area (Å²) in [5.74, 6) is 1.16. The van der Waals surface area contributed by atoms with Gasteiger partial charge < -0.3 is 14.1 Å². The van der Waals surface area contributed by atoms with Gasteiger partial charge in [-0.05, 0) is 31.2 Å². The van der Waals surface area contributed by atoms with Crippen molar-refractivity contribution in [2.24, 2.45) is 0 Å². The molecule has 134 valence electrons. The normalized spacial score (nSPS) is 11.7. The molecule has 27 heavy (non-hydrogen) atoms.